The van der Waals surface area contributed by atoms with E-state index >= 15 is 0 Å². The van der Waals surface area contributed by atoms with Gasteiger partial charge in [-0.2, -0.15) is 0 Å². The van der Waals surface area contributed by atoms with Crippen LogP contribution in [0, 0.1) is 5.92 Å². The SMILES string of the molecule is BrC(c1csc2ccccc12)C1CC1. The minimum atomic E-state index is 0.582. The van der Waals surface area contributed by atoms with Crippen molar-refractivity contribution >= 4 is 37.4 Å². The molecule has 0 bridgehead atoms. The summed E-state index contributed by atoms with van der Waals surface area (Å²) in [5.41, 5.74) is 1.49. The first-order chi connectivity index (χ1) is 6.86. The smallest absolute Gasteiger partial charge is 0.0437 e. The van der Waals surface area contributed by atoms with Crippen molar-refractivity contribution in [3.05, 3.63) is 35.2 Å². The van der Waals surface area contributed by atoms with Crippen LogP contribution in [0.25, 0.3) is 10.1 Å². The molecule has 1 aromatic heterocycles. The second-order valence-corrected chi connectivity index (χ2v) is 5.82. The van der Waals surface area contributed by atoms with E-state index in [0.717, 1.165) is 5.92 Å². The highest BCUT2D eigenvalue weighted by atomic mass is 79.9. The van der Waals surface area contributed by atoms with Crippen molar-refractivity contribution in [2.75, 3.05) is 0 Å². The second kappa shape index (κ2) is 3.35. The van der Waals surface area contributed by atoms with Gasteiger partial charge in [0, 0.05) is 9.53 Å². The van der Waals surface area contributed by atoms with E-state index in [9.17, 15) is 0 Å². The summed E-state index contributed by atoms with van der Waals surface area (Å²) >= 11 is 5.68. The Bertz CT molecular complexity index is 456. The fourth-order valence-electron chi connectivity index (χ4n) is 1.85. The molecule has 1 atom stereocenters. The molecule has 0 amide bonds. The Morgan fingerprint density at radius 1 is 1.29 bits per heavy atom. The third-order valence-electron chi connectivity index (χ3n) is 2.84. The molecule has 0 aliphatic heterocycles. The van der Waals surface area contributed by atoms with Crippen molar-refractivity contribution in [1.29, 1.82) is 0 Å². The van der Waals surface area contributed by atoms with Gasteiger partial charge in [-0.05, 0) is 41.2 Å². The van der Waals surface area contributed by atoms with Gasteiger partial charge in [-0.25, -0.2) is 0 Å². The molecule has 2 heteroatoms. The van der Waals surface area contributed by atoms with E-state index in [1.54, 1.807) is 0 Å². The molecule has 1 aliphatic rings. The normalized spacial score (nSPS) is 18.6. The maximum atomic E-state index is 3.82. The number of halogens is 1. The number of thiophene rings is 1. The van der Waals surface area contributed by atoms with Gasteiger partial charge in [-0.3, -0.25) is 0 Å². The van der Waals surface area contributed by atoms with Crippen molar-refractivity contribution in [1.82, 2.24) is 0 Å². The first kappa shape index (κ1) is 8.93. The van der Waals surface area contributed by atoms with E-state index in [-0.39, 0.29) is 0 Å². The molecular weight excluding hydrogens is 256 g/mol. The van der Waals surface area contributed by atoms with Crippen LogP contribution in [0.2, 0.25) is 0 Å². The van der Waals surface area contributed by atoms with Crippen molar-refractivity contribution < 1.29 is 0 Å². The highest BCUT2D eigenvalue weighted by Crippen LogP contribution is 2.48. The third kappa shape index (κ3) is 1.41. The number of benzene rings is 1. The molecule has 0 radical (unpaired) electrons. The molecule has 2 aromatic rings. The zero-order valence-electron chi connectivity index (χ0n) is 7.74. The average Bonchev–Trinajstić information content (AvgIpc) is 2.97. The molecule has 1 fully saturated rings. The summed E-state index contributed by atoms with van der Waals surface area (Å²) in [7, 11) is 0. The van der Waals surface area contributed by atoms with Gasteiger partial charge in [0.2, 0.25) is 0 Å². The largest absolute Gasteiger partial charge is 0.143 e. The Morgan fingerprint density at radius 3 is 2.86 bits per heavy atom. The Hall–Kier alpha value is -0.340. The number of hydrogen-bond acceptors (Lipinski definition) is 1. The Kier molecular flexibility index (Phi) is 2.14. The molecule has 0 N–H and O–H groups in total. The molecule has 3 rings (SSSR count). The summed E-state index contributed by atoms with van der Waals surface area (Å²) < 4.78 is 1.41. The quantitative estimate of drug-likeness (QED) is 0.689. The molecule has 0 saturated heterocycles. The molecule has 0 spiro atoms. The van der Waals surface area contributed by atoms with Gasteiger partial charge in [0.1, 0.15) is 0 Å². The molecule has 1 heterocycles. The van der Waals surface area contributed by atoms with Crippen LogP contribution in [-0.2, 0) is 0 Å². The molecule has 1 unspecified atom stereocenters. The highest BCUT2D eigenvalue weighted by Gasteiger charge is 2.31. The van der Waals surface area contributed by atoms with Crippen LogP contribution < -0.4 is 0 Å². The minimum absolute atomic E-state index is 0.582. The first-order valence-corrected chi connectivity index (χ1v) is 6.76. The van der Waals surface area contributed by atoms with Gasteiger partial charge in [0.15, 0.2) is 0 Å². The zero-order valence-corrected chi connectivity index (χ0v) is 10.1. The molecule has 1 saturated carbocycles. The van der Waals surface area contributed by atoms with E-state index < -0.39 is 0 Å². The summed E-state index contributed by atoms with van der Waals surface area (Å²) in [6, 6.07) is 8.68. The Morgan fingerprint density at radius 2 is 2.07 bits per heavy atom. The minimum Gasteiger partial charge on any atom is -0.143 e. The topological polar surface area (TPSA) is 0 Å². The molecule has 0 nitrogen and oxygen atoms in total. The lowest BCUT2D eigenvalue weighted by Gasteiger charge is -2.06. The van der Waals surface area contributed by atoms with Gasteiger partial charge in [0.05, 0.1) is 0 Å². The fraction of sp³-hybridized carbons (Fsp3) is 0.333. The average molecular weight is 267 g/mol. The number of alkyl halides is 1. The van der Waals surface area contributed by atoms with E-state index in [0.29, 0.717) is 4.83 Å². The summed E-state index contributed by atoms with van der Waals surface area (Å²) in [5, 5.41) is 3.74. The van der Waals surface area contributed by atoms with E-state index in [1.165, 1.54) is 28.5 Å². The predicted octanol–water partition coefficient (Wildman–Crippen LogP) is 4.75. The van der Waals surface area contributed by atoms with Gasteiger partial charge < -0.3 is 0 Å². The molecule has 1 aliphatic carbocycles. The van der Waals surface area contributed by atoms with Gasteiger partial charge in [0.25, 0.3) is 0 Å². The maximum absolute atomic E-state index is 3.82. The predicted molar refractivity (Wildman–Crippen MR) is 66.2 cm³/mol. The summed E-state index contributed by atoms with van der Waals surface area (Å²) in [6.45, 7) is 0. The van der Waals surface area contributed by atoms with Crippen LogP contribution in [0.5, 0.6) is 0 Å². The van der Waals surface area contributed by atoms with Gasteiger partial charge in [-0.15, -0.1) is 11.3 Å². The second-order valence-electron chi connectivity index (χ2n) is 3.93. The van der Waals surface area contributed by atoms with Crippen LogP contribution in [0.1, 0.15) is 23.2 Å². The van der Waals surface area contributed by atoms with Crippen molar-refractivity contribution in [2.24, 2.45) is 5.92 Å². The van der Waals surface area contributed by atoms with Crippen molar-refractivity contribution in [2.45, 2.75) is 17.7 Å². The fourth-order valence-corrected chi connectivity index (χ4v) is 3.93. The van der Waals surface area contributed by atoms with E-state index in [4.69, 9.17) is 0 Å². The first-order valence-electron chi connectivity index (χ1n) is 4.96. The van der Waals surface area contributed by atoms with Gasteiger partial charge in [-0.1, -0.05) is 34.1 Å². The number of fused-ring (bicyclic) bond motifs is 1. The standard InChI is InChI=1S/C12H11BrS/c13-12(8-5-6-8)10-7-14-11-4-2-1-3-9(10)11/h1-4,7-8,12H,5-6H2. The van der Waals surface area contributed by atoms with Crippen LogP contribution in [-0.4, -0.2) is 0 Å². The van der Waals surface area contributed by atoms with Gasteiger partial charge >= 0.3 is 0 Å². The Labute approximate surface area is 96.1 Å². The molecule has 1 aromatic carbocycles. The number of rotatable bonds is 2. The van der Waals surface area contributed by atoms with E-state index in [2.05, 4.69) is 45.6 Å². The summed E-state index contributed by atoms with van der Waals surface area (Å²) in [6.07, 6.45) is 2.78. The van der Waals surface area contributed by atoms with Crippen molar-refractivity contribution in [3.8, 4) is 0 Å². The lowest BCUT2D eigenvalue weighted by atomic mass is 10.1. The lowest BCUT2D eigenvalue weighted by molar-refractivity contribution is 0.831. The highest BCUT2D eigenvalue weighted by molar-refractivity contribution is 9.09. The van der Waals surface area contributed by atoms with Crippen LogP contribution in [0.15, 0.2) is 29.6 Å². The number of hydrogen-bond donors (Lipinski definition) is 0. The molecule has 14 heavy (non-hydrogen) atoms. The van der Waals surface area contributed by atoms with Crippen molar-refractivity contribution in [3.63, 3.8) is 0 Å². The molecular formula is C12H11BrS. The Balaban J connectivity index is 2.11. The summed E-state index contributed by atoms with van der Waals surface area (Å²) in [4.78, 5) is 0.582. The zero-order chi connectivity index (χ0) is 9.54. The monoisotopic (exact) mass is 266 g/mol. The van der Waals surface area contributed by atoms with Crippen LogP contribution >= 0.6 is 27.3 Å². The summed E-state index contributed by atoms with van der Waals surface area (Å²) in [5.74, 6) is 0.882. The van der Waals surface area contributed by atoms with E-state index in [1.807, 2.05) is 11.3 Å². The van der Waals surface area contributed by atoms with Crippen LogP contribution in [0.4, 0.5) is 0 Å². The third-order valence-corrected chi connectivity index (χ3v) is 5.07. The molecule has 72 valence electrons. The van der Waals surface area contributed by atoms with Crippen LogP contribution in [0.3, 0.4) is 0 Å². The maximum Gasteiger partial charge on any atom is 0.0437 e. The lowest BCUT2D eigenvalue weighted by Crippen LogP contribution is -1.89.